The highest BCUT2D eigenvalue weighted by Crippen LogP contribution is 2.32. The lowest BCUT2D eigenvalue weighted by Crippen LogP contribution is -2.07. The van der Waals surface area contributed by atoms with E-state index in [9.17, 15) is 0 Å². The van der Waals surface area contributed by atoms with Crippen molar-refractivity contribution >= 4 is 33.1 Å². The van der Waals surface area contributed by atoms with Gasteiger partial charge in [0.2, 0.25) is 0 Å². The number of hydrogen-bond donors (Lipinski definition) is 1. The van der Waals surface area contributed by atoms with Gasteiger partial charge < -0.3 is 5.32 Å². The van der Waals surface area contributed by atoms with Crippen molar-refractivity contribution < 1.29 is 0 Å². The molecule has 96 valence electrons. The lowest BCUT2D eigenvalue weighted by Gasteiger charge is -2.11. The first kappa shape index (κ1) is 13.5. The molecule has 2 aromatic heterocycles. The van der Waals surface area contributed by atoms with Crippen LogP contribution in [0.1, 0.15) is 24.6 Å². The van der Waals surface area contributed by atoms with Crippen LogP contribution in [-0.2, 0) is 0 Å². The average Bonchev–Trinajstić information content (AvgIpc) is 2.77. The summed E-state index contributed by atoms with van der Waals surface area (Å²) in [6.45, 7) is 7.16. The van der Waals surface area contributed by atoms with Gasteiger partial charge in [0.15, 0.2) is 5.82 Å². The summed E-state index contributed by atoms with van der Waals surface area (Å²) in [5.74, 6) is 1.73. The number of thiophene rings is 1. The van der Waals surface area contributed by atoms with E-state index in [1.165, 1.54) is 0 Å². The first-order valence-corrected chi connectivity index (χ1v) is 7.63. The topological polar surface area (TPSA) is 37.8 Å². The highest BCUT2D eigenvalue weighted by atomic mass is 79.9. The fraction of sp³-hybridized carbons (Fsp3) is 0.385. The van der Waals surface area contributed by atoms with Crippen LogP contribution in [0.25, 0.3) is 10.7 Å². The van der Waals surface area contributed by atoms with Crippen molar-refractivity contribution in [1.82, 2.24) is 9.97 Å². The Labute approximate surface area is 120 Å². The van der Waals surface area contributed by atoms with Gasteiger partial charge >= 0.3 is 0 Å². The van der Waals surface area contributed by atoms with Crippen LogP contribution in [-0.4, -0.2) is 16.5 Å². The summed E-state index contributed by atoms with van der Waals surface area (Å²) < 4.78 is 1.05. The second kappa shape index (κ2) is 5.80. The minimum atomic E-state index is 0.790. The van der Waals surface area contributed by atoms with Crippen LogP contribution in [0.2, 0.25) is 0 Å². The normalized spacial score (nSPS) is 10.7. The molecule has 0 bridgehead atoms. The van der Waals surface area contributed by atoms with Gasteiger partial charge in [0, 0.05) is 22.3 Å². The van der Waals surface area contributed by atoms with E-state index in [0.29, 0.717) is 0 Å². The van der Waals surface area contributed by atoms with Crippen molar-refractivity contribution in [2.24, 2.45) is 0 Å². The largest absolute Gasteiger partial charge is 0.370 e. The number of hydrogen-bond acceptors (Lipinski definition) is 4. The van der Waals surface area contributed by atoms with Gasteiger partial charge in [0.05, 0.1) is 4.88 Å². The molecule has 2 heterocycles. The van der Waals surface area contributed by atoms with Crippen LogP contribution in [0.15, 0.2) is 15.9 Å². The van der Waals surface area contributed by atoms with E-state index < -0.39 is 0 Å². The van der Waals surface area contributed by atoms with Gasteiger partial charge in [-0.3, -0.25) is 0 Å². The Balaban J connectivity index is 2.44. The summed E-state index contributed by atoms with van der Waals surface area (Å²) in [5.41, 5.74) is 2.15. The minimum Gasteiger partial charge on any atom is -0.370 e. The Kier molecular flexibility index (Phi) is 4.35. The maximum atomic E-state index is 4.63. The molecule has 0 unspecified atom stereocenters. The summed E-state index contributed by atoms with van der Waals surface area (Å²) >= 11 is 5.18. The molecule has 5 heteroatoms. The van der Waals surface area contributed by atoms with Gasteiger partial charge in [-0.25, -0.2) is 9.97 Å². The van der Waals surface area contributed by atoms with E-state index >= 15 is 0 Å². The molecule has 0 saturated heterocycles. The van der Waals surface area contributed by atoms with E-state index in [-0.39, 0.29) is 0 Å². The monoisotopic (exact) mass is 325 g/mol. The molecule has 3 nitrogen and oxygen atoms in total. The van der Waals surface area contributed by atoms with Crippen LogP contribution in [0.4, 0.5) is 5.82 Å². The molecule has 2 rings (SSSR count). The molecular weight excluding hydrogens is 310 g/mol. The van der Waals surface area contributed by atoms with Crippen molar-refractivity contribution in [3.63, 3.8) is 0 Å². The fourth-order valence-electron chi connectivity index (χ4n) is 1.60. The molecule has 0 aliphatic rings. The molecule has 0 aromatic carbocycles. The zero-order valence-electron chi connectivity index (χ0n) is 10.7. The standard InChI is InChI=1S/C13H16BrN3S/c1-4-6-15-12-8(2)9(3)16-13(17-12)11-10(14)5-7-18-11/h5,7H,4,6H2,1-3H3,(H,15,16,17). The summed E-state index contributed by atoms with van der Waals surface area (Å²) in [6.07, 6.45) is 1.08. The number of halogens is 1. The molecular formula is C13H16BrN3S. The third-order valence-corrected chi connectivity index (χ3v) is 4.59. The number of aromatic nitrogens is 2. The minimum absolute atomic E-state index is 0.790. The third kappa shape index (κ3) is 2.72. The van der Waals surface area contributed by atoms with Gasteiger partial charge in [-0.05, 0) is 47.6 Å². The lowest BCUT2D eigenvalue weighted by atomic mass is 10.2. The second-order valence-corrected chi connectivity index (χ2v) is 5.90. The van der Waals surface area contributed by atoms with Crippen molar-refractivity contribution in [2.75, 3.05) is 11.9 Å². The second-order valence-electron chi connectivity index (χ2n) is 4.13. The number of anilines is 1. The fourth-order valence-corrected chi connectivity index (χ4v) is 3.08. The summed E-state index contributed by atoms with van der Waals surface area (Å²) in [5, 5.41) is 5.40. The van der Waals surface area contributed by atoms with Crippen LogP contribution < -0.4 is 5.32 Å². The highest BCUT2D eigenvalue weighted by Gasteiger charge is 2.12. The smallest absolute Gasteiger partial charge is 0.173 e. The molecule has 0 amide bonds. The van der Waals surface area contributed by atoms with Gasteiger partial charge in [0.25, 0.3) is 0 Å². The molecule has 0 saturated carbocycles. The summed E-state index contributed by atoms with van der Waals surface area (Å²) in [6, 6.07) is 2.03. The van der Waals surface area contributed by atoms with E-state index in [1.807, 2.05) is 18.4 Å². The Morgan fingerprint density at radius 1 is 1.33 bits per heavy atom. The Morgan fingerprint density at radius 3 is 2.72 bits per heavy atom. The molecule has 0 fully saturated rings. The Morgan fingerprint density at radius 2 is 2.11 bits per heavy atom. The molecule has 0 atom stereocenters. The van der Waals surface area contributed by atoms with Gasteiger partial charge in [-0.1, -0.05) is 6.92 Å². The SMILES string of the molecule is CCCNc1nc(-c2sccc2Br)nc(C)c1C. The van der Waals surface area contributed by atoms with Gasteiger partial charge in [-0.2, -0.15) is 0 Å². The molecule has 0 radical (unpaired) electrons. The maximum Gasteiger partial charge on any atom is 0.173 e. The van der Waals surface area contributed by atoms with Crippen molar-refractivity contribution in [2.45, 2.75) is 27.2 Å². The first-order chi connectivity index (χ1) is 8.63. The van der Waals surface area contributed by atoms with Crippen LogP contribution in [0.5, 0.6) is 0 Å². The molecule has 1 N–H and O–H groups in total. The number of aryl methyl sites for hydroxylation is 1. The number of nitrogens with zero attached hydrogens (tertiary/aromatic N) is 2. The summed E-state index contributed by atoms with van der Waals surface area (Å²) in [7, 11) is 0. The van der Waals surface area contributed by atoms with Crippen molar-refractivity contribution in [1.29, 1.82) is 0 Å². The molecule has 0 spiro atoms. The first-order valence-electron chi connectivity index (χ1n) is 5.96. The molecule has 0 aliphatic carbocycles. The van der Waals surface area contributed by atoms with Crippen LogP contribution >= 0.6 is 27.3 Å². The van der Waals surface area contributed by atoms with Gasteiger partial charge in [0.1, 0.15) is 5.82 Å². The Bertz CT molecular complexity index is 551. The average molecular weight is 326 g/mol. The molecule has 18 heavy (non-hydrogen) atoms. The van der Waals surface area contributed by atoms with E-state index in [4.69, 9.17) is 0 Å². The van der Waals surface area contributed by atoms with Crippen molar-refractivity contribution in [3.05, 3.63) is 27.2 Å². The van der Waals surface area contributed by atoms with E-state index in [0.717, 1.165) is 45.2 Å². The van der Waals surface area contributed by atoms with Gasteiger partial charge in [-0.15, -0.1) is 11.3 Å². The van der Waals surface area contributed by atoms with E-state index in [1.54, 1.807) is 11.3 Å². The quantitative estimate of drug-likeness (QED) is 0.904. The van der Waals surface area contributed by atoms with E-state index in [2.05, 4.69) is 45.1 Å². The zero-order chi connectivity index (χ0) is 13.1. The third-order valence-electron chi connectivity index (χ3n) is 2.75. The van der Waals surface area contributed by atoms with Crippen LogP contribution in [0, 0.1) is 13.8 Å². The molecule has 2 aromatic rings. The lowest BCUT2D eigenvalue weighted by molar-refractivity contribution is 0.955. The Hall–Kier alpha value is -0.940. The molecule has 0 aliphatic heterocycles. The predicted octanol–water partition coefficient (Wildman–Crippen LogP) is 4.41. The van der Waals surface area contributed by atoms with Crippen LogP contribution in [0.3, 0.4) is 0 Å². The summed E-state index contributed by atoms with van der Waals surface area (Å²) in [4.78, 5) is 10.3. The van der Waals surface area contributed by atoms with Crippen molar-refractivity contribution in [3.8, 4) is 10.7 Å². The highest BCUT2D eigenvalue weighted by molar-refractivity contribution is 9.10. The number of rotatable bonds is 4. The maximum absolute atomic E-state index is 4.63. The number of nitrogens with one attached hydrogen (secondary N) is 1. The zero-order valence-corrected chi connectivity index (χ0v) is 13.2. The predicted molar refractivity (Wildman–Crippen MR) is 81.3 cm³/mol.